The van der Waals surface area contributed by atoms with Crippen LogP contribution >= 0.6 is 12.4 Å². The van der Waals surface area contributed by atoms with Gasteiger partial charge in [-0.3, -0.25) is 4.90 Å². The highest BCUT2D eigenvalue weighted by atomic mass is 35.5. The lowest BCUT2D eigenvalue weighted by molar-refractivity contribution is -0.275. The first-order valence-corrected chi connectivity index (χ1v) is 8.27. The first-order valence-electron chi connectivity index (χ1n) is 8.27. The monoisotopic (exact) mass is 386 g/mol. The molecule has 0 unspecified atom stereocenters. The highest BCUT2D eigenvalue weighted by molar-refractivity contribution is 5.85. The number of hydrogen-bond donors (Lipinski definition) is 1. The second-order valence-electron chi connectivity index (χ2n) is 6.36. The van der Waals surface area contributed by atoms with Crippen molar-refractivity contribution in [3.63, 3.8) is 0 Å². The van der Waals surface area contributed by atoms with Crippen LogP contribution in [0.2, 0.25) is 0 Å². The van der Waals surface area contributed by atoms with Crippen molar-refractivity contribution < 1.29 is 17.9 Å². The third kappa shape index (κ3) is 5.13. The molecule has 1 aliphatic rings. The normalized spacial score (nSPS) is 20.6. The fourth-order valence-electron chi connectivity index (χ4n) is 3.51. The zero-order valence-corrected chi connectivity index (χ0v) is 15.0. The number of halogens is 4. The predicted octanol–water partition coefficient (Wildman–Crippen LogP) is 4.18. The van der Waals surface area contributed by atoms with Crippen LogP contribution in [0.3, 0.4) is 0 Å². The van der Waals surface area contributed by atoms with Crippen molar-refractivity contribution in [1.82, 2.24) is 4.90 Å². The van der Waals surface area contributed by atoms with Crippen molar-refractivity contribution in [1.29, 1.82) is 0 Å². The number of hydrogen-bond acceptors (Lipinski definition) is 3. The average molecular weight is 387 g/mol. The molecule has 0 aromatic heterocycles. The molecule has 1 saturated heterocycles. The summed E-state index contributed by atoms with van der Waals surface area (Å²) >= 11 is 0. The Bertz CT molecular complexity index is 697. The van der Waals surface area contributed by atoms with Gasteiger partial charge in [0, 0.05) is 31.1 Å². The Morgan fingerprint density at radius 3 is 2.31 bits per heavy atom. The molecular weight excluding hydrogens is 365 g/mol. The molecule has 2 aromatic carbocycles. The Hall–Kier alpha value is -1.76. The standard InChI is InChI=1S/C19H21F3N2O.ClH/c20-19(21,22)25-18-9-5-4-8-15(18)11-24-12-16(10-23)17(13-24)14-6-2-1-3-7-14;/h1-9,16-17H,10-13,23H2;1H/t16-,17+;/m1./s1. The van der Waals surface area contributed by atoms with Crippen molar-refractivity contribution in [3.05, 3.63) is 65.7 Å². The smallest absolute Gasteiger partial charge is 0.405 e. The molecule has 142 valence electrons. The Morgan fingerprint density at radius 2 is 1.65 bits per heavy atom. The fraction of sp³-hybridized carbons (Fsp3) is 0.368. The Kier molecular flexibility index (Phi) is 6.92. The second-order valence-corrected chi connectivity index (χ2v) is 6.36. The lowest BCUT2D eigenvalue weighted by Crippen LogP contribution is -2.24. The van der Waals surface area contributed by atoms with E-state index in [9.17, 15) is 13.2 Å². The minimum Gasteiger partial charge on any atom is -0.405 e. The molecule has 2 N–H and O–H groups in total. The molecule has 2 atom stereocenters. The van der Waals surface area contributed by atoms with E-state index in [2.05, 4.69) is 21.8 Å². The lowest BCUT2D eigenvalue weighted by Gasteiger charge is -2.19. The van der Waals surface area contributed by atoms with Gasteiger partial charge in [0.05, 0.1) is 0 Å². The first kappa shape index (κ1) is 20.6. The zero-order chi connectivity index (χ0) is 17.9. The molecule has 0 spiro atoms. The summed E-state index contributed by atoms with van der Waals surface area (Å²) < 4.78 is 41.9. The maximum absolute atomic E-state index is 12.6. The van der Waals surface area contributed by atoms with Gasteiger partial charge >= 0.3 is 6.36 Å². The SMILES string of the molecule is Cl.NC[C@@H]1CN(Cc2ccccc2OC(F)(F)F)C[C@H]1c1ccccc1. The molecule has 7 heteroatoms. The number of nitrogens with zero attached hydrogens (tertiary/aromatic N) is 1. The van der Waals surface area contributed by atoms with Crippen LogP contribution in [0.25, 0.3) is 0 Å². The lowest BCUT2D eigenvalue weighted by atomic mass is 9.89. The van der Waals surface area contributed by atoms with E-state index in [1.54, 1.807) is 18.2 Å². The van der Waals surface area contributed by atoms with E-state index in [1.807, 2.05) is 18.2 Å². The van der Waals surface area contributed by atoms with Gasteiger partial charge < -0.3 is 10.5 Å². The van der Waals surface area contributed by atoms with E-state index in [0.717, 1.165) is 13.1 Å². The molecule has 1 aliphatic heterocycles. The summed E-state index contributed by atoms with van der Waals surface area (Å²) in [5.74, 6) is 0.447. The van der Waals surface area contributed by atoms with Gasteiger partial charge in [0.15, 0.2) is 0 Å². The van der Waals surface area contributed by atoms with E-state index in [-0.39, 0.29) is 24.1 Å². The summed E-state index contributed by atoms with van der Waals surface area (Å²) in [6.45, 7) is 2.49. The van der Waals surface area contributed by atoms with Crippen LogP contribution in [-0.4, -0.2) is 30.9 Å². The summed E-state index contributed by atoms with van der Waals surface area (Å²) in [4.78, 5) is 2.15. The average Bonchev–Trinajstić information content (AvgIpc) is 2.99. The highest BCUT2D eigenvalue weighted by Crippen LogP contribution is 2.34. The largest absolute Gasteiger partial charge is 0.573 e. The molecule has 2 aromatic rings. The number of ether oxygens (including phenoxy) is 1. The van der Waals surface area contributed by atoms with Gasteiger partial charge in [-0.2, -0.15) is 0 Å². The molecule has 3 rings (SSSR count). The Balaban J connectivity index is 0.00000243. The topological polar surface area (TPSA) is 38.5 Å². The van der Waals surface area contributed by atoms with E-state index in [1.165, 1.54) is 11.6 Å². The molecule has 26 heavy (non-hydrogen) atoms. The first-order chi connectivity index (χ1) is 12.0. The van der Waals surface area contributed by atoms with Gasteiger partial charge in [0.2, 0.25) is 0 Å². The van der Waals surface area contributed by atoms with Gasteiger partial charge in [0.1, 0.15) is 5.75 Å². The Morgan fingerprint density at radius 1 is 1.00 bits per heavy atom. The molecule has 0 bridgehead atoms. The third-order valence-corrected chi connectivity index (χ3v) is 4.64. The van der Waals surface area contributed by atoms with Crippen LogP contribution in [-0.2, 0) is 6.54 Å². The minimum absolute atomic E-state index is 0. The second kappa shape index (κ2) is 8.75. The van der Waals surface area contributed by atoms with Crippen molar-refractivity contribution in [2.75, 3.05) is 19.6 Å². The highest BCUT2D eigenvalue weighted by Gasteiger charge is 2.35. The summed E-state index contributed by atoms with van der Waals surface area (Å²) in [5, 5.41) is 0. The number of rotatable bonds is 5. The van der Waals surface area contributed by atoms with Gasteiger partial charge in [0.25, 0.3) is 0 Å². The number of nitrogens with two attached hydrogens (primary N) is 1. The van der Waals surface area contributed by atoms with Crippen LogP contribution in [0.4, 0.5) is 13.2 Å². The van der Waals surface area contributed by atoms with Crippen LogP contribution in [0.15, 0.2) is 54.6 Å². The molecule has 0 radical (unpaired) electrons. The van der Waals surface area contributed by atoms with Crippen molar-refractivity contribution in [3.8, 4) is 5.75 Å². The summed E-state index contributed by atoms with van der Waals surface area (Å²) in [6, 6.07) is 16.4. The number of alkyl halides is 3. The fourth-order valence-corrected chi connectivity index (χ4v) is 3.51. The number of likely N-dealkylation sites (tertiary alicyclic amines) is 1. The summed E-state index contributed by atoms with van der Waals surface area (Å²) in [5.41, 5.74) is 7.68. The van der Waals surface area contributed by atoms with Gasteiger partial charge in [-0.05, 0) is 24.1 Å². The molecule has 0 aliphatic carbocycles. The predicted molar refractivity (Wildman–Crippen MR) is 97.4 cm³/mol. The van der Waals surface area contributed by atoms with E-state index in [4.69, 9.17) is 5.73 Å². The minimum atomic E-state index is -4.69. The zero-order valence-electron chi connectivity index (χ0n) is 14.2. The van der Waals surface area contributed by atoms with Crippen molar-refractivity contribution in [2.45, 2.75) is 18.8 Å². The number of benzene rings is 2. The maximum atomic E-state index is 12.6. The molecule has 0 amide bonds. The van der Waals surface area contributed by atoms with Crippen LogP contribution < -0.4 is 10.5 Å². The van der Waals surface area contributed by atoms with E-state index in [0.29, 0.717) is 24.6 Å². The van der Waals surface area contributed by atoms with Gasteiger partial charge in [-0.25, -0.2) is 0 Å². The molecular formula is C19H22ClF3N2O. The van der Waals surface area contributed by atoms with Crippen LogP contribution in [0, 0.1) is 5.92 Å². The van der Waals surface area contributed by atoms with Gasteiger partial charge in [-0.15, -0.1) is 25.6 Å². The molecule has 0 saturated carbocycles. The van der Waals surface area contributed by atoms with Crippen LogP contribution in [0.1, 0.15) is 17.0 Å². The molecule has 3 nitrogen and oxygen atoms in total. The summed E-state index contributed by atoms with van der Waals surface area (Å²) in [6.07, 6.45) is -4.69. The third-order valence-electron chi connectivity index (χ3n) is 4.64. The van der Waals surface area contributed by atoms with E-state index < -0.39 is 6.36 Å². The summed E-state index contributed by atoms with van der Waals surface area (Å²) in [7, 11) is 0. The maximum Gasteiger partial charge on any atom is 0.573 e. The van der Waals surface area contributed by atoms with E-state index >= 15 is 0 Å². The Labute approximate surface area is 157 Å². The van der Waals surface area contributed by atoms with Crippen LogP contribution in [0.5, 0.6) is 5.75 Å². The quantitative estimate of drug-likeness (QED) is 0.837. The molecule has 1 heterocycles. The van der Waals surface area contributed by atoms with Gasteiger partial charge in [-0.1, -0.05) is 48.5 Å². The molecule has 1 fully saturated rings. The van der Waals surface area contributed by atoms with Crippen molar-refractivity contribution >= 4 is 12.4 Å². The number of para-hydroxylation sites is 1. The van der Waals surface area contributed by atoms with Crippen molar-refractivity contribution in [2.24, 2.45) is 11.7 Å².